The van der Waals surface area contributed by atoms with Gasteiger partial charge < -0.3 is 9.52 Å². The van der Waals surface area contributed by atoms with Gasteiger partial charge in [0.05, 0.1) is 16.1 Å². The van der Waals surface area contributed by atoms with E-state index in [4.69, 9.17) is 4.42 Å². The average Bonchev–Trinajstić information content (AvgIpc) is 3.00. The number of hydrogen-bond acceptors (Lipinski definition) is 6. The number of furan rings is 1. The number of benzene rings is 1. The highest BCUT2D eigenvalue weighted by Gasteiger charge is 2.29. The predicted molar refractivity (Wildman–Crippen MR) is 81.3 cm³/mol. The molecule has 0 spiro atoms. The molecule has 0 aliphatic carbocycles. The van der Waals surface area contributed by atoms with Crippen molar-refractivity contribution in [1.29, 1.82) is 0 Å². The van der Waals surface area contributed by atoms with Crippen LogP contribution in [0.25, 0.3) is 0 Å². The minimum absolute atomic E-state index is 0.205. The second-order valence-corrected chi connectivity index (χ2v) is 7.02. The van der Waals surface area contributed by atoms with Crippen molar-refractivity contribution in [1.82, 2.24) is 4.72 Å². The highest BCUT2D eigenvalue weighted by molar-refractivity contribution is 7.89. The maximum atomic E-state index is 12.4. The second kappa shape index (κ2) is 6.11. The van der Waals surface area contributed by atoms with Crippen LogP contribution in [-0.4, -0.2) is 25.0 Å². The van der Waals surface area contributed by atoms with Crippen LogP contribution in [-0.2, 0) is 15.6 Å². The molecule has 0 aliphatic heterocycles. The summed E-state index contributed by atoms with van der Waals surface area (Å²) in [7, 11) is -4.03. The molecular weight excluding hydrogens is 324 g/mol. The number of sulfonamides is 1. The molecule has 8 nitrogen and oxygen atoms in total. The number of non-ortho nitro benzene ring substituents is 1. The smallest absolute Gasteiger partial charge is 0.270 e. The van der Waals surface area contributed by atoms with Crippen molar-refractivity contribution >= 4 is 15.7 Å². The molecule has 1 aromatic heterocycles. The summed E-state index contributed by atoms with van der Waals surface area (Å²) in [5, 5.41) is 21.1. The van der Waals surface area contributed by atoms with Gasteiger partial charge >= 0.3 is 0 Å². The van der Waals surface area contributed by atoms with Gasteiger partial charge in [0.25, 0.3) is 5.69 Å². The van der Waals surface area contributed by atoms with Gasteiger partial charge in [0.2, 0.25) is 10.0 Å². The van der Waals surface area contributed by atoms with E-state index in [9.17, 15) is 23.6 Å². The Bertz CT molecular complexity index is 812. The highest BCUT2D eigenvalue weighted by Crippen LogP contribution is 2.24. The molecule has 124 valence electrons. The third-order valence-corrected chi connectivity index (χ3v) is 4.87. The van der Waals surface area contributed by atoms with E-state index >= 15 is 0 Å². The van der Waals surface area contributed by atoms with Crippen molar-refractivity contribution in [2.24, 2.45) is 0 Å². The molecule has 2 rings (SSSR count). The molecule has 0 aliphatic rings. The van der Waals surface area contributed by atoms with Crippen molar-refractivity contribution in [3.63, 3.8) is 0 Å². The van der Waals surface area contributed by atoms with Gasteiger partial charge in [-0.3, -0.25) is 10.1 Å². The van der Waals surface area contributed by atoms with Crippen molar-refractivity contribution in [2.75, 3.05) is 6.54 Å². The Morgan fingerprint density at radius 2 is 2.09 bits per heavy atom. The zero-order valence-corrected chi connectivity index (χ0v) is 13.3. The van der Waals surface area contributed by atoms with Crippen LogP contribution in [0.2, 0.25) is 0 Å². The Morgan fingerprint density at radius 3 is 2.65 bits per heavy atom. The molecular formula is C14H16N2O6S. The molecule has 2 N–H and O–H groups in total. The Kier molecular flexibility index (Phi) is 4.55. The highest BCUT2D eigenvalue weighted by atomic mass is 32.2. The van der Waals surface area contributed by atoms with Crippen LogP contribution < -0.4 is 4.72 Å². The van der Waals surface area contributed by atoms with Crippen LogP contribution in [0.4, 0.5) is 5.69 Å². The molecule has 2 aromatic rings. The Balaban J connectivity index is 2.26. The average molecular weight is 340 g/mol. The molecule has 0 bridgehead atoms. The summed E-state index contributed by atoms with van der Waals surface area (Å²) in [6.07, 6.45) is 1.36. The van der Waals surface area contributed by atoms with E-state index in [1.165, 1.54) is 38.3 Å². The fraction of sp³-hybridized carbons (Fsp3) is 0.286. The number of aliphatic hydroxyl groups is 1. The van der Waals surface area contributed by atoms with E-state index in [-0.39, 0.29) is 22.9 Å². The number of rotatable bonds is 6. The van der Waals surface area contributed by atoms with Gasteiger partial charge in [0, 0.05) is 18.7 Å². The van der Waals surface area contributed by atoms with Crippen LogP contribution in [0.5, 0.6) is 0 Å². The lowest BCUT2D eigenvalue weighted by atomic mass is 10.1. The van der Waals surface area contributed by atoms with Gasteiger partial charge in [-0.1, -0.05) is 6.07 Å². The zero-order chi connectivity index (χ0) is 17.3. The van der Waals surface area contributed by atoms with E-state index in [0.717, 1.165) is 6.07 Å². The summed E-state index contributed by atoms with van der Waals surface area (Å²) in [6.45, 7) is 2.59. The summed E-state index contributed by atoms with van der Waals surface area (Å²) < 4.78 is 32.1. The first-order valence-electron chi connectivity index (χ1n) is 6.64. The van der Waals surface area contributed by atoms with Gasteiger partial charge in [0.1, 0.15) is 11.4 Å². The zero-order valence-electron chi connectivity index (χ0n) is 12.5. The fourth-order valence-corrected chi connectivity index (χ4v) is 3.37. The van der Waals surface area contributed by atoms with Crippen LogP contribution in [0, 0.1) is 17.0 Å². The lowest BCUT2D eigenvalue weighted by Gasteiger charge is -2.21. The first-order valence-corrected chi connectivity index (χ1v) is 8.13. The summed E-state index contributed by atoms with van der Waals surface area (Å²) >= 11 is 0. The van der Waals surface area contributed by atoms with Crippen LogP contribution in [0.1, 0.15) is 18.2 Å². The monoisotopic (exact) mass is 340 g/mol. The normalized spacial score (nSPS) is 14.4. The standard InChI is InChI=1S/C14H16N2O6S/c1-10-5-6-11(16(18)19)8-12(10)23(20,21)15-9-14(2,17)13-4-3-7-22-13/h3-8,15,17H,9H2,1-2H3. The molecule has 23 heavy (non-hydrogen) atoms. The van der Waals surface area contributed by atoms with Crippen molar-refractivity contribution in [3.8, 4) is 0 Å². The Morgan fingerprint density at radius 1 is 1.39 bits per heavy atom. The number of nitro groups is 1. The van der Waals surface area contributed by atoms with Gasteiger partial charge in [-0.15, -0.1) is 0 Å². The molecule has 1 heterocycles. The molecule has 0 fully saturated rings. The topological polar surface area (TPSA) is 123 Å². The maximum Gasteiger partial charge on any atom is 0.270 e. The molecule has 1 atom stereocenters. The third-order valence-electron chi connectivity index (χ3n) is 3.33. The van der Waals surface area contributed by atoms with Gasteiger partial charge in [0.15, 0.2) is 0 Å². The predicted octanol–water partition coefficient (Wildman–Crippen LogP) is 1.68. The first kappa shape index (κ1) is 17.1. The molecule has 1 aromatic carbocycles. The Labute approximate surface area is 133 Å². The molecule has 0 saturated carbocycles. The van der Waals surface area contributed by atoms with Gasteiger partial charge in [-0.25, -0.2) is 13.1 Å². The lowest BCUT2D eigenvalue weighted by Crippen LogP contribution is -2.38. The van der Waals surface area contributed by atoms with Crippen LogP contribution in [0.15, 0.2) is 45.9 Å². The number of hydrogen-bond donors (Lipinski definition) is 2. The first-order chi connectivity index (χ1) is 10.6. The number of nitrogens with one attached hydrogen (secondary N) is 1. The van der Waals surface area contributed by atoms with E-state index in [1.807, 2.05) is 0 Å². The fourth-order valence-electron chi connectivity index (χ4n) is 1.98. The van der Waals surface area contributed by atoms with Gasteiger partial charge in [-0.05, 0) is 31.5 Å². The second-order valence-electron chi connectivity index (χ2n) is 5.28. The molecule has 0 radical (unpaired) electrons. The summed E-state index contributed by atoms with van der Waals surface area (Å²) in [4.78, 5) is 9.93. The summed E-state index contributed by atoms with van der Waals surface area (Å²) in [5.74, 6) is 0.205. The van der Waals surface area contributed by atoms with Crippen LogP contribution >= 0.6 is 0 Å². The quantitative estimate of drug-likeness (QED) is 0.609. The molecule has 0 amide bonds. The number of nitrogens with zero attached hydrogens (tertiary/aromatic N) is 1. The summed E-state index contributed by atoms with van der Waals surface area (Å²) in [6, 6.07) is 6.67. The van der Waals surface area contributed by atoms with Crippen molar-refractivity contribution in [3.05, 3.63) is 58.0 Å². The van der Waals surface area contributed by atoms with Gasteiger partial charge in [-0.2, -0.15) is 0 Å². The number of nitro benzene ring substituents is 1. The maximum absolute atomic E-state index is 12.4. The SMILES string of the molecule is Cc1ccc([N+](=O)[O-])cc1S(=O)(=O)NCC(C)(O)c1ccco1. The van der Waals surface area contributed by atoms with E-state index < -0.39 is 20.5 Å². The molecule has 0 saturated heterocycles. The minimum atomic E-state index is -4.03. The van der Waals surface area contributed by atoms with Crippen molar-refractivity contribution in [2.45, 2.75) is 24.3 Å². The Hall–Kier alpha value is -2.23. The largest absolute Gasteiger partial charge is 0.466 e. The molecule has 9 heteroatoms. The minimum Gasteiger partial charge on any atom is -0.466 e. The van der Waals surface area contributed by atoms with E-state index in [0.29, 0.717) is 5.56 Å². The summed E-state index contributed by atoms with van der Waals surface area (Å²) in [5.41, 5.74) is -1.51. The molecule has 1 unspecified atom stereocenters. The van der Waals surface area contributed by atoms with Crippen LogP contribution in [0.3, 0.4) is 0 Å². The van der Waals surface area contributed by atoms with E-state index in [2.05, 4.69) is 4.72 Å². The lowest BCUT2D eigenvalue weighted by molar-refractivity contribution is -0.385. The van der Waals surface area contributed by atoms with Crippen molar-refractivity contribution < 1.29 is 22.9 Å². The third kappa shape index (κ3) is 3.76. The number of aryl methyl sites for hydroxylation is 1. The van der Waals surface area contributed by atoms with E-state index in [1.54, 1.807) is 6.07 Å².